The molecule has 0 radical (unpaired) electrons. The molecule has 0 bridgehead atoms. The average molecular weight is 927 g/mol. The Morgan fingerprint density at radius 2 is 0.453 bits per heavy atom. The summed E-state index contributed by atoms with van der Waals surface area (Å²) in [6.07, 6.45) is -31.8. The molecular formula is C42H24F18N4. The summed E-state index contributed by atoms with van der Waals surface area (Å²) < 4.78 is 250. The molecule has 338 valence electrons. The minimum atomic E-state index is -5.30. The zero-order valence-corrected chi connectivity index (χ0v) is 31.4. The topological polar surface area (TPSA) is 39.3 Å². The van der Waals surface area contributed by atoms with E-state index in [4.69, 9.17) is 0 Å². The monoisotopic (exact) mass is 926 g/mol. The van der Waals surface area contributed by atoms with E-state index in [0.29, 0.717) is 36.4 Å². The summed E-state index contributed by atoms with van der Waals surface area (Å²) in [5.41, 5.74) is -14.5. The first kappa shape index (κ1) is 46.8. The van der Waals surface area contributed by atoms with Crippen molar-refractivity contribution in [2.24, 2.45) is 0 Å². The Morgan fingerprint density at radius 1 is 0.266 bits per heavy atom. The highest BCUT2D eigenvalue weighted by Gasteiger charge is 2.40. The van der Waals surface area contributed by atoms with Gasteiger partial charge in [-0.2, -0.15) is 79.0 Å². The Hall–Kier alpha value is -6.74. The SMILES string of the molecule is FC(F)(F)c1cc(Nc2ccccc2N(c2ccccc2Nc2cc(C(F)(F)F)cc(C(F)(F)F)c2)c2ccccc2Nc2cc(C(F)(F)F)cc(C(F)(F)F)c2)cc(C(F)(F)F)c1. The van der Waals surface area contributed by atoms with Gasteiger partial charge in [-0.25, -0.2) is 0 Å². The lowest BCUT2D eigenvalue weighted by molar-refractivity contribution is -0.144. The van der Waals surface area contributed by atoms with E-state index in [9.17, 15) is 79.0 Å². The van der Waals surface area contributed by atoms with Gasteiger partial charge in [0.05, 0.1) is 67.5 Å². The number of para-hydroxylation sites is 6. The summed E-state index contributed by atoms with van der Waals surface area (Å²) >= 11 is 0. The van der Waals surface area contributed by atoms with Gasteiger partial charge in [-0.05, 0) is 91.0 Å². The zero-order valence-electron chi connectivity index (χ0n) is 31.4. The Balaban J connectivity index is 1.60. The predicted molar refractivity (Wildman–Crippen MR) is 200 cm³/mol. The zero-order chi connectivity index (χ0) is 47.2. The van der Waals surface area contributed by atoms with Crippen LogP contribution >= 0.6 is 0 Å². The summed E-state index contributed by atoms with van der Waals surface area (Å²) in [6, 6.07) is 16.2. The van der Waals surface area contributed by atoms with Gasteiger partial charge in [0, 0.05) is 17.1 Å². The van der Waals surface area contributed by atoms with Gasteiger partial charge in [0.2, 0.25) is 0 Å². The summed E-state index contributed by atoms with van der Waals surface area (Å²) in [5.74, 6) is 0. The van der Waals surface area contributed by atoms with Crippen molar-refractivity contribution in [1.82, 2.24) is 0 Å². The molecule has 0 aliphatic rings. The second kappa shape index (κ2) is 16.8. The van der Waals surface area contributed by atoms with Crippen molar-refractivity contribution in [2.75, 3.05) is 20.9 Å². The van der Waals surface area contributed by atoms with Crippen LogP contribution in [0.15, 0.2) is 127 Å². The van der Waals surface area contributed by atoms with Gasteiger partial charge < -0.3 is 20.9 Å². The van der Waals surface area contributed by atoms with Crippen LogP contribution in [0, 0.1) is 0 Å². The molecular weight excluding hydrogens is 902 g/mol. The van der Waals surface area contributed by atoms with Gasteiger partial charge in [0.15, 0.2) is 0 Å². The molecule has 0 spiro atoms. The van der Waals surface area contributed by atoms with Gasteiger partial charge in [-0.15, -0.1) is 0 Å². The Labute approximate surface area is 348 Å². The number of nitrogens with one attached hydrogen (secondary N) is 3. The molecule has 64 heavy (non-hydrogen) atoms. The van der Waals surface area contributed by atoms with Gasteiger partial charge in [0.1, 0.15) is 0 Å². The van der Waals surface area contributed by atoms with Crippen LogP contribution in [-0.4, -0.2) is 0 Å². The lowest BCUT2D eigenvalue weighted by Crippen LogP contribution is -2.16. The van der Waals surface area contributed by atoms with E-state index in [1.54, 1.807) is 0 Å². The maximum atomic E-state index is 13.9. The van der Waals surface area contributed by atoms with Crippen molar-refractivity contribution in [3.63, 3.8) is 0 Å². The van der Waals surface area contributed by atoms with E-state index in [-0.39, 0.29) is 52.3 Å². The molecule has 0 heterocycles. The summed E-state index contributed by atoms with van der Waals surface area (Å²) in [4.78, 5) is 1.09. The number of anilines is 9. The first-order chi connectivity index (χ1) is 29.5. The van der Waals surface area contributed by atoms with Crippen LogP contribution in [0.3, 0.4) is 0 Å². The molecule has 6 rings (SSSR count). The Bertz CT molecular complexity index is 2250. The number of benzene rings is 6. The summed E-state index contributed by atoms with van der Waals surface area (Å²) in [7, 11) is 0. The van der Waals surface area contributed by atoms with Crippen molar-refractivity contribution in [1.29, 1.82) is 0 Å². The van der Waals surface area contributed by atoms with Crippen LogP contribution in [0.25, 0.3) is 0 Å². The van der Waals surface area contributed by atoms with E-state index >= 15 is 0 Å². The third kappa shape index (κ3) is 10.9. The van der Waals surface area contributed by atoms with E-state index in [0.717, 1.165) is 23.1 Å². The smallest absolute Gasteiger partial charge is 0.354 e. The lowest BCUT2D eigenvalue weighted by Gasteiger charge is -2.32. The lowest BCUT2D eigenvalue weighted by atomic mass is 10.1. The first-order valence-corrected chi connectivity index (χ1v) is 17.8. The minimum absolute atomic E-state index is 0.150. The van der Waals surface area contributed by atoms with Gasteiger partial charge in [0.25, 0.3) is 0 Å². The molecule has 6 aromatic carbocycles. The van der Waals surface area contributed by atoms with Gasteiger partial charge in [-0.3, -0.25) is 0 Å². The van der Waals surface area contributed by atoms with Crippen molar-refractivity contribution in [3.05, 3.63) is 161 Å². The van der Waals surface area contributed by atoms with E-state index < -0.39 is 87.5 Å². The molecule has 0 saturated carbocycles. The first-order valence-electron chi connectivity index (χ1n) is 17.8. The Morgan fingerprint density at radius 3 is 0.641 bits per heavy atom. The molecule has 0 aromatic heterocycles. The second-order valence-corrected chi connectivity index (χ2v) is 13.6. The molecule has 6 aromatic rings. The van der Waals surface area contributed by atoms with Crippen molar-refractivity contribution >= 4 is 51.2 Å². The van der Waals surface area contributed by atoms with Crippen LogP contribution in [0.5, 0.6) is 0 Å². The number of alkyl halides is 18. The molecule has 0 unspecified atom stereocenters. The molecule has 0 fully saturated rings. The van der Waals surface area contributed by atoms with E-state index in [1.165, 1.54) is 54.6 Å². The van der Waals surface area contributed by atoms with Gasteiger partial charge in [-0.1, -0.05) is 36.4 Å². The molecule has 22 heteroatoms. The normalized spacial score (nSPS) is 12.8. The average Bonchev–Trinajstić information content (AvgIpc) is 3.17. The third-order valence-electron chi connectivity index (χ3n) is 9.03. The van der Waals surface area contributed by atoms with Crippen LogP contribution in [0.2, 0.25) is 0 Å². The number of hydrogen-bond donors (Lipinski definition) is 3. The van der Waals surface area contributed by atoms with E-state index in [1.807, 2.05) is 0 Å². The molecule has 0 atom stereocenters. The highest BCUT2D eigenvalue weighted by atomic mass is 19.4. The van der Waals surface area contributed by atoms with Crippen molar-refractivity contribution < 1.29 is 79.0 Å². The van der Waals surface area contributed by atoms with Crippen LogP contribution in [0.1, 0.15) is 33.4 Å². The molecule has 0 aliphatic heterocycles. The molecule has 0 saturated heterocycles. The largest absolute Gasteiger partial charge is 0.416 e. The Kier molecular flexibility index (Phi) is 12.2. The van der Waals surface area contributed by atoms with Crippen molar-refractivity contribution in [2.45, 2.75) is 37.1 Å². The van der Waals surface area contributed by atoms with Crippen molar-refractivity contribution in [3.8, 4) is 0 Å². The van der Waals surface area contributed by atoms with E-state index in [2.05, 4.69) is 16.0 Å². The summed E-state index contributed by atoms with van der Waals surface area (Å²) in [6.45, 7) is 0. The number of rotatable bonds is 9. The quantitative estimate of drug-likeness (QED) is 0.126. The number of halogens is 18. The fraction of sp³-hybridized carbons (Fsp3) is 0.143. The maximum absolute atomic E-state index is 13.9. The minimum Gasteiger partial charge on any atom is -0.354 e. The van der Waals surface area contributed by atoms with Crippen LogP contribution in [0.4, 0.5) is 130 Å². The predicted octanol–water partition coefficient (Wildman–Crippen LogP) is 16.5. The number of hydrogen-bond acceptors (Lipinski definition) is 4. The van der Waals surface area contributed by atoms with Crippen LogP contribution < -0.4 is 20.9 Å². The van der Waals surface area contributed by atoms with Gasteiger partial charge >= 0.3 is 37.1 Å². The van der Waals surface area contributed by atoms with Crippen LogP contribution in [-0.2, 0) is 37.1 Å². The number of nitrogens with zero attached hydrogens (tertiary/aromatic N) is 1. The molecule has 0 amide bonds. The molecule has 4 nitrogen and oxygen atoms in total. The highest BCUT2D eigenvalue weighted by Crippen LogP contribution is 2.49. The molecule has 3 N–H and O–H groups in total. The third-order valence-corrected chi connectivity index (χ3v) is 9.03. The fourth-order valence-electron chi connectivity index (χ4n) is 6.26. The standard InChI is InChI=1S/C42H24F18N4/c43-37(44,45)22-13-23(38(46,47)48)17-28(16-22)61-31-7-1-4-10-34(31)64(35-11-5-2-8-32(35)62-29-18-24(39(49,50)51)14-25(19-29)40(52,53)54)36-12-6-3-9-33(36)63-30-20-26(41(55,56)57)15-27(21-30)42(58,59)60/h1-21,61-63H. The highest BCUT2D eigenvalue weighted by molar-refractivity contribution is 5.96. The summed E-state index contributed by atoms with van der Waals surface area (Å²) in [5, 5.41) is 7.41. The maximum Gasteiger partial charge on any atom is 0.416 e. The second-order valence-electron chi connectivity index (χ2n) is 13.6. The molecule has 0 aliphatic carbocycles. The fourth-order valence-corrected chi connectivity index (χ4v) is 6.26.